The van der Waals surface area contributed by atoms with E-state index in [-0.39, 0.29) is 5.38 Å². The Morgan fingerprint density at radius 2 is 2.22 bits per heavy atom. The van der Waals surface area contributed by atoms with Gasteiger partial charge in [-0.1, -0.05) is 6.92 Å². The van der Waals surface area contributed by atoms with Crippen LogP contribution in [0.25, 0.3) is 11.2 Å². The number of thioether (sulfide) groups is 1. The molecule has 2 rings (SSSR count). The molecule has 0 N–H and O–H groups in total. The predicted molar refractivity (Wildman–Crippen MR) is 79.5 cm³/mol. The molecule has 3 nitrogen and oxygen atoms in total. The maximum absolute atomic E-state index is 6.24. The number of aromatic nitrogens is 3. The Morgan fingerprint density at radius 1 is 1.44 bits per heavy atom. The van der Waals surface area contributed by atoms with Crippen molar-refractivity contribution < 1.29 is 0 Å². The highest BCUT2D eigenvalue weighted by atomic mass is 35.5. The van der Waals surface area contributed by atoms with E-state index in [1.54, 1.807) is 0 Å². The molecule has 2 aromatic heterocycles. The van der Waals surface area contributed by atoms with Crippen molar-refractivity contribution in [1.82, 2.24) is 14.5 Å². The third-order valence-electron chi connectivity index (χ3n) is 2.84. The number of halogens is 1. The van der Waals surface area contributed by atoms with Gasteiger partial charge in [0.1, 0.15) is 11.3 Å². The number of fused-ring (bicyclic) bond motifs is 1. The lowest BCUT2D eigenvalue weighted by Crippen LogP contribution is -2.12. The first kappa shape index (κ1) is 13.7. The Morgan fingerprint density at radius 3 is 2.89 bits per heavy atom. The van der Waals surface area contributed by atoms with Gasteiger partial charge in [-0.3, -0.25) is 0 Å². The van der Waals surface area contributed by atoms with Crippen molar-refractivity contribution in [2.45, 2.75) is 32.2 Å². The van der Waals surface area contributed by atoms with Crippen molar-refractivity contribution in [2.75, 3.05) is 11.5 Å². The summed E-state index contributed by atoms with van der Waals surface area (Å²) in [7, 11) is 0. The zero-order valence-corrected chi connectivity index (χ0v) is 12.5. The van der Waals surface area contributed by atoms with E-state index in [1.165, 1.54) is 0 Å². The van der Waals surface area contributed by atoms with Gasteiger partial charge in [0.05, 0.1) is 5.38 Å². The van der Waals surface area contributed by atoms with Crippen molar-refractivity contribution in [2.24, 2.45) is 0 Å². The average molecular weight is 284 g/mol. The summed E-state index contributed by atoms with van der Waals surface area (Å²) < 4.78 is 2.18. The van der Waals surface area contributed by atoms with Gasteiger partial charge in [-0.15, -0.1) is 11.6 Å². The minimum Gasteiger partial charge on any atom is -0.308 e. The molecule has 2 unspecified atom stereocenters. The van der Waals surface area contributed by atoms with Gasteiger partial charge in [-0.05, 0) is 31.7 Å². The lowest BCUT2D eigenvalue weighted by Gasteiger charge is -2.17. The molecule has 2 aromatic rings. The molecule has 0 fully saturated rings. The highest BCUT2D eigenvalue weighted by Gasteiger charge is 2.19. The van der Waals surface area contributed by atoms with E-state index >= 15 is 0 Å². The van der Waals surface area contributed by atoms with Gasteiger partial charge >= 0.3 is 0 Å². The largest absolute Gasteiger partial charge is 0.308 e. The first-order valence-electron chi connectivity index (χ1n) is 6.19. The van der Waals surface area contributed by atoms with Gasteiger partial charge in [0.25, 0.3) is 0 Å². The van der Waals surface area contributed by atoms with Gasteiger partial charge in [-0.2, -0.15) is 11.8 Å². The van der Waals surface area contributed by atoms with Crippen LogP contribution in [-0.4, -0.2) is 26.0 Å². The Balaban J connectivity index is 2.47. The number of nitrogens with zero attached hydrogens (tertiary/aromatic N) is 3. The Labute approximate surface area is 117 Å². The third-order valence-corrected chi connectivity index (χ3v) is 4.16. The van der Waals surface area contributed by atoms with Gasteiger partial charge in [0, 0.05) is 18.0 Å². The molecule has 2 atom stereocenters. The van der Waals surface area contributed by atoms with Crippen LogP contribution in [0.2, 0.25) is 0 Å². The summed E-state index contributed by atoms with van der Waals surface area (Å²) in [4.78, 5) is 9.05. The van der Waals surface area contributed by atoms with E-state index in [2.05, 4.69) is 28.4 Å². The molecule has 2 heterocycles. The lowest BCUT2D eigenvalue weighted by atomic mass is 10.3. The second-order valence-corrected chi connectivity index (χ2v) is 6.28. The highest BCUT2D eigenvalue weighted by Crippen LogP contribution is 2.28. The van der Waals surface area contributed by atoms with Crippen molar-refractivity contribution in [3.63, 3.8) is 0 Å². The smallest absolute Gasteiger partial charge is 0.160 e. The second kappa shape index (κ2) is 5.93. The van der Waals surface area contributed by atoms with Crippen LogP contribution < -0.4 is 0 Å². The second-order valence-electron chi connectivity index (χ2n) is 4.31. The molecular formula is C13H18ClN3S. The van der Waals surface area contributed by atoms with Gasteiger partial charge in [0.15, 0.2) is 5.65 Å². The number of alkyl halides is 1. The molecule has 0 amide bonds. The minimum absolute atomic E-state index is 0.103. The van der Waals surface area contributed by atoms with E-state index in [0.717, 1.165) is 28.5 Å². The fraction of sp³-hybridized carbons (Fsp3) is 0.538. The van der Waals surface area contributed by atoms with Crippen molar-refractivity contribution >= 4 is 34.5 Å². The Kier molecular flexibility index (Phi) is 4.51. The van der Waals surface area contributed by atoms with Crippen LogP contribution in [0.3, 0.4) is 0 Å². The first-order chi connectivity index (χ1) is 8.65. The maximum Gasteiger partial charge on any atom is 0.160 e. The number of rotatable bonds is 5. The highest BCUT2D eigenvalue weighted by molar-refractivity contribution is 7.99. The minimum atomic E-state index is -0.103. The van der Waals surface area contributed by atoms with Crippen molar-refractivity contribution in [1.29, 1.82) is 0 Å². The number of hydrogen-bond donors (Lipinski definition) is 0. The fourth-order valence-electron chi connectivity index (χ4n) is 2.03. The summed E-state index contributed by atoms with van der Waals surface area (Å²) in [5.41, 5.74) is 1.86. The zero-order valence-electron chi connectivity index (χ0n) is 10.9. The van der Waals surface area contributed by atoms with Crippen LogP contribution in [0, 0.1) is 0 Å². The van der Waals surface area contributed by atoms with E-state index in [4.69, 9.17) is 11.6 Å². The quantitative estimate of drug-likeness (QED) is 0.776. The summed E-state index contributed by atoms with van der Waals surface area (Å²) in [6.45, 7) is 6.33. The van der Waals surface area contributed by atoms with Gasteiger partial charge in [-0.25, -0.2) is 9.97 Å². The van der Waals surface area contributed by atoms with Crippen LogP contribution in [0.15, 0.2) is 18.3 Å². The molecule has 0 aliphatic carbocycles. The summed E-state index contributed by atoms with van der Waals surface area (Å²) >= 11 is 8.16. The fourth-order valence-corrected chi connectivity index (χ4v) is 2.91. The summed E-state index contributed by atoms with van der Waals surface area (Å²) in [5, 5.41) is -0.103. The summed E-state index contributed by atoms with van der Waals surface area (Å²) in [5.74, 6) is 3.08. The first-order valence-corrected chi connectivity index (χ1v) is 7.79. The normalized spacial score (nSPS) is 14.9. The van der Waals surface area contributed by atoms with E-state index in [1.807, 2.05) is 37.0 Å². The maximum atomic E-state index is 6.24. The zero-order chi connectivity index (χ0) is 13.1. The van der Waals surface area contributed by atoms with E-state index in [9.17, 15) is 0 Å². The molecular weight excluding hydrogens is 266 g/mol. The molecule has 0 bridgehead atoms. The number of imidazole rings is 1. The molecule has 18 heavy (non-hydrogen) atoms. The molecule has 0 spiro atoms. The molecule has 0 aromatic carbocycles. The van der Waals surface area contributed by atoms with Crippen LogP contribution in [0.1, 0.15) is 38.0 Å². The van der Waals surface area contributed by atoms with Crippen LogP contribution in [0.4, 0.5) is 0 Å². The number of hydrogen-bond acceptors (Lipinski definition) is 3. The van der Waals surface area contributed by atoms with Crippen LogP contribution in [-0.2, 0) is 0 Å². The van der Waals surface area contributed by atoms with Crippen molar-refractivity contribution in [3.8, 4) is 0 Å². The topological polar surface area (TPSA) is 30.7 Å². The van der Waals surface area contributed by atoms with Crippen LogP contribution >= 0.6 is 23.4 Å². The SMILES string of the molecule is CCSCC(C)n1c(C(C)Cl)nc2cccnc21. The lowest BCUT2D eigenvalue weighted by molar-refractivity contribution is 0.588. The van der Waals surface area contributed by atoms with Gasteiger partial charge in [0.2, 0.25) is 0 Å². The van der Waals surface area contributed by atoms with E-state index < -0.39 is 0 Å². The molecule has 98 valence electrons. The molecule has 5 heteroatoms. The summed E-state index contributed by atoms with van der Waals surface area (Å²) in [6, 6.07) is 4.25. The summed E-state index contributed by atoms with van der Waals surface area (Å²) in [6.07, 6.45) is 1.81. The van der Waals surface area contributed by atoms with E-state index in [0.29, 0.717) is 6.04 Å². The van der Waals surface area contributed by atoms with Crippen LogP contribution in [0.5, 0.6) is 0 Å². The molecule has 0 radical (unpaired) electrons. The standard InChI is InChI=1S/C13H18ClN3S/c1-4-18-8-9(2)17-12(10(3)14)16-11-6-5-7-15-13(11)17/h5-7,9-10H,4,8H2,1-3H3. The monoisotopic (exact) mass is 283 g/mol. The van der Waals surface area contributed by atoms with Gasteiger partial charge < -0.3 is 4.57 Å². The molecule has 0 saturated carbocycles. The Bertz CT molecular complexity index is 524. The molecule has 0 aliphatic heterocycles. The third kappa shape index (κ3) is 2.64. The predicted octanol–water partition coefficient (Wildman–Crippen LogP) is 4.05. The Hall–Kier alpha value is -0.740. The number of pyridine rings is 1. The average Bonchev–Trinajstić information content (AvgIpc) is 2.75. The van der Waals surface area contributed by atoms with Crippen molar-refractivity contribution in [3.05, 3.63) is 24.2 Å². The molecule has 0 saturated heterocycles. The molecule has 0 aliphatic rings.